The van der Waals surface area contributed by atoms with E-state index < -0.39 is 0 Å². The van der Waals surface area contributed by atoms with Crippen LogP contribution in [0.25, 0.3) is 0 Å². The van der Waals surface area contributed by atoms with Gasteiger partial charge in [0, 0.05) is 0 Å². The molecule has 0 heterocycles. The maximum absolute atomic E-state index is 5.84. The first-order valence-corrected chi connectivity index (χ1v) is 6.53. The lowest BCUT2D eigenvalue weighted by atomic mass is 10.1. The second-order valence-electron chi connectivity index (χ2n) is 5.50. The Morgan fingerprint density at radius 1 is 1.12 bits per heavy atom. The summed E-state index contributed by atoms with van der Waals surface area (Å²) in [6.07, 6.45) is 6.85. The van der Waals surface area contributed by atoms with E-state index in [2.05, 4.69) is 25.1 Å². The predicted molar refractivity (Wildman–Crippen MR) is 65.8 cm³/mol. The third-order valence-corrected chi connectivity index (χ3v) is 3.63. The van der Waals surface area contributed by atoms with Crippen LogP contribution in [0.5, 0.6) is 5.75 Å². The molecule has 2 fully saturated rings. The van der Waals surface area contributed by atoms with Crippen molar-refractivity contribution in [2.75, 3.05) is 6.61 Å². The number of hydrogen-bond donors (Lipinski definition) is 0. The average Bonchev–Trinajstić information content (AvgIpc) is 3.11. The minimum Gasteiger partial charge on any atom is -0.493 e. The van der Waals surface area contributed by atoms with E-state index in [4.69, 9.17) is 4.74 Å². The van der Waals surface area contributed by atoms with Gasteiger partial charge in [0.25, 0.3) is 0 Å². The Hall–Kier alpha value is -0.980. The Morgan fingerprint density at radius 2 is 1.88 bits per heavy atom. The van der Waals surface area contributed by atoms with E-state index in [-0.39, 0.29) is 0 Å². The Bertz CT molecular complexity index is 375. The van der Waals surface area contributed by atoms with Crippen molar-refractivity contribution in [2.45, 2.75) is 39.0 Å². The summed E-state index contributed by atoms with van der Waals surface area (Å²) in [6.45, 7) is 3.08. The summed E-state index contributed by atoms with van der Waals surface area (Å²) in [7, 11) is 0. The van der Waals surface area contributed by atoms with Gasteiger partial charge in [0.2, 0.25) is 0 Å². The first-order chi connectivity index (χ1) is 7.81. The zero-order chi connectivity index (χ0) is 11.0. The smallest absolute Gasteiger partial charge is 0.122 e. The zero-order valence-corrected chi connectivity index (χ0v) is 10.0. The summed E-state index contributed by atoms with van der Waals surface area (Å²) < 4.78 is 5.84. The summed E-state index contributed by atoms with van der Waals surface area (Å²) in [6, 6.07) is 6.71. The molecule has 1 aromatic carbocycles. The number of rotatable bonds is 5. The van der Waals surface area contributed by atoms with Gasteiger partial charge in [-0.2, -0.15) is 0 Å². The molecule has 0 radical (unpaired) electrons. The highest BCUT2D eigenvalue weighted by molar-refractivity contribution is 5.36. The molecule has 1 aromatic rings. The zero-order valence-electron chi connectivity index (χ0n) is 10.0. The molecule has 0 unspecified atom stereocenters. The van der Waals surface area contributed by atoms with Crippen LogP contribution in [0, 0.1) is 18.8 Å². The molecule has 0 amide bonds. The van der Waals surface area contributed by atoms with Gasteiger partial charge < -0.3 is 4.74 Å². The minimum atomic E-state index is 0.838. The lowest BCUT2D eigenvalue weighted by molar-refractivity contribution is 0.298. The second kappa shape index (κ2) is 4.12. The van der Waals surface area contributed by atoms with Gasteiger partial charge in [0.05, 0.1) is 6.61 Å². The normalized spacial score (nSPS) is 19.8. The average molecular weight is 216 g/mol. The topological polar surface area (TPSA) is 9.23 Å². The summed E-state index contributed by atoms with van der Waals surface area (Å²) in [5, 5.41) is 0. The Labute approximate surface area is 97.8 Å². The van der Waals surface area contributed by atoms with Gasteiger partial charge in [0.15, 0.2) is 0 Å². The minimum absolute atomic E-state index is 0.838. The van der Waals surface area contributed by atoms with Gasteiger partial charge in [-0.05, 0) is 68.1 Å². The molecular formula is C15H20O. The predicted octanol–water partition coefficient (Wildman–Crippen LogP) is 3.74. The lowest BCUT2D eigenvalue weighted by Crippen LogP contribution is -2.01. The Kier molecular flexibility index (Phi) is 2.62. The van der Waals surface area contributed by atoms with Gasteiger partial charge >= 0.3 is 0 Å². The van der Waals surface area contributed by atoms with Gasteiger partial charge in [-0.25, -0.2) is 0 Å². The molecule has 2 aliphatic carbocycles. The fourth-order valence-electron chi connectivity index (χ4n) is 2.15. The van der Waals surface area contributed by atoms with Crippen LogP contribution in [0.4, 0.5) is 0 Å². The van der Waals surface area contributed by atoms with E-state index in [1.165, 1.54) is 43.2 Å². The number of ether oxygens (including phenoxy) is 1. The first-order valence-electron chi connectivity index (χ1n) is 6.53. The van der Waals surface area contributed by atoms with Crippen molar-refractivity contribution in [3.8, 4) is 5.75 Å². The van der Waals surface area contributed by atoms with Crippen LogP contribution in [0.3, 0.4) is 0 Å². The van der Waals surface area contributed by atoms with E-state index in [0.29, 0.717) is 0 Å². The Balaban J connectivity index is 1.63. The van der Waals surface area contributed by atoms with Gasteiger partial charge in [-0.3, -0.25) is 0 Å². The van der Waals surface area contributed by atoms with E-state index >= 15 is 0 Å². The van der Waals surface area contributed by atoms with Crippen molar-refractivity contribution in [2.24, 2.45) is 11.8 Å². The van der Waals surface area contributed by atoms with E-state index in [9.17, 15) is 0 Å². The summed E-state index contributed by atoms with van der Waals surface area (Å²) in [5.74, 6) is 2.90. The van der Waals surface area contributed by atoms with Crippen molar-refractivity contribution < 1.29 is 4.74 Å². The number of hydrogen-bond acceptors (Lipinski definition) is 1. The van der Waals surface area contributed by atoms with Gasteiger partial charge in [-0.15, -0.1) is 0 Å². The molecule has 2 saturated carbocycles. The van der Waals surface area contributed by atoms with Crippen molar-refractivity contribution >= 4 is 0 Å². The summed E-state index contributed by atoms with van der Waals surface area (Å²) in [5.41, 5.74) is 2.79. The Morgan fingerprint density at radius 3 is 2.50 bits per heavy atom. The van der Waals surface area contributed by atoms with E-state index in [1.807, 2.05) is 0 Å². The van der Waals surface area contributed by atoms with Crippen LogP contribution in [0.15, 0.2) is 18.2 Å². The highest BCUT2D eigenvalue weighted by Crippen LogP contribution is 2.34. The van der Waals surface area contributed by atoms with Crippen molar-refractivity contribution in [1.29, 1.82) is 0 Å². The molecule has 2 aliphatic rings. The van der Waals surface area contributed by atoms with Crippen LogP contribution in [0.2, 0.25) is 0 Å². The van der Waals surface area contributed by atoms with Gasteiger partial charge in [-0.1, -0.05) is 12.1 Å². The van der Waals surface area contributed by atoms with Crippen LogP contribution in [-0.2, 0) is 6.42 Å². The monoisotopic (exact) mass is 216 g/mol. The molecule has 0 aliphatic heterocycles. The van der Waals surface area contributed by atoms with Crippen molar-refractivity contribution in [3.63, 3.8) is 0 Å². The van der Waals surface area contributed by atoms with Crippen LogP contribution in [-0.4, -0.2) is 6.61 Å². The molecule has 0 saturated heterocycles. The fraction of sp³-hybridized carbons (Fsp3) is 0.600. The van der Waals surface area contributed by atoms with E-state index in [0.717, 1.165) is 24.2 Å². The van der Waals surface area contributed by atoms with Crippen molar-refractivity contribution in [3.05, 3.63) is 29.3 Å². The highest BCUT2D eigenvalue weighted by atomic mass is 16.5. The van der Waals surface area contributed by atoms with Crippen LogP contribution >= 0.6 is 0 Å². The standard InChI is InChI=1S/C15H20O/c1-11-8-14(9-12-2-3-12)6-7-15(11)16-10-13-4-5-13/h6-8,12-13H,2-5,9-10H2,1H3. The molecule has 3 rings (SSSR count). The molecule has 1 nitrogen and oxygen atoms in total. The third-order valence-electron chi connectivity index (χ3n) is 3.63. The largest absolute Gasteiger partial charge is 0.493 e. The SMILES string of the molecule is Cc1cc(CC2CC2)ccc1OCC1CC1. The van der Waals surface area contributed by atoms with Crippen LogP contribution in [0.1, 0.15) is 36.8 Å². The van der Waals surface area contributed by atoms with E-state index in [1.54, 1.807) is 0 Å². The number of aryl methyl sites for hydroxylation is 1. The molecule has 0 spiro atoms. The molecule has 0 N–H and O–H groups in total. The van der Waals surface area contributed by atoms with Crippen LogP contribution < -0.4 is 4.74 Å². The molecule has 0 bridgehead atoms. The molecule has 16 heavy (non-hydrogen) atoms. The van der Waals surface area contributed by atoms with Crippen molar-refractivity contribution in [1.82, 2.24) is 0 Å². The molecule has 0 aromatic heterocycles. The third kappa shape index (κ3) is 2.58. The lowest BCUT2D eigenvalue weighted by Gasteiger charge is -2.10. The van der Waals surface area contributed by atoms with Gasteiger partial charge in [0.1, 0.15) is 5.75 Å². The highest BCUT2D eigenvalue weighted by Gasteiger charge is 2.23. The molecular weight excluding hydrogens is 196 g/mol. The second-order valence-corrected chi connectivity index (χ2v) is 5.50. The molecule has 0 atom stereocenters. The fourth-order valence-corrected chi connectivity index (χ4v) is 2.15. The maximum Gasteiger partial charge on any atom is 0.122 e. The first kappa shape index (κ1) is 10.2. The summed E-state index contributed by atoms with van der Waals surface area (Å²) >= 11 is 0. The molecule has 86 valence electrons. The summed E-state index contributed by atoms with van der Waals surface area (Å²) in [4.78, 5) is 0. The molecule has 1 heteroatoms. The quantitative estimate of drug-likeness (QED) is 0.728. The maximum atomic E-state index is 5.84. The number of benzene rings is 1.